The van der Waals surface area contributed by atoms with Gasteiger partial charge in [-0.1, -0.05) is 11.6 Å². The number of aromatic amines is 1. The third kappa shape index (κ3) is 3.84. The quantitative estimate of drug-likeness (QED) is 0.426. The maximum Gasteiger partial charge on any atom is 0.202 e. The predicted molar refractivity (Wildman–Crippen MR) is 139 cm³/mol. The largest absolute Gasteiger partial charge is 0.390 e. The van der Waals surface area contributed by atoms with E-state index in [9.17, 15) is 5.11 Å². The number of ether oxygens (including phenoxy) is 1. The van der Waals surface area contributed by atoms with Gasteiger partial charge in [-0.05, 0) is 43.7 Å². The van der Waals surface area contributed by atoms with Crippen LogP contribution in [0.15, 0.2) is 18.3 Å². The number of rotatable bonds is 4. The van der Waals surface area contributed by atoms with Crippen molar-refractivity contribution in [2.24, 2.45) is 5.41 Å². The lowest BCUT2D eigenvalue weighted by Crippen LogP contribution is -2.41. The average Bonchev–Trinajstić information content (AvgIpc) is 3.46. The molecule has 2 aliphatic heterocycles. The van der Waals surface area contributed by atoms with E-state index in [0.717, 1.165) is 39.0 Å². The van der Waals surface area contributed by atoms with E-state index in [1.807, 2.05) is 31.1 Å². The monoisotopic (exact) mass is 508 g/mol. The number of nitrogens with zero attached hydrogens (tertiary/aromatic N) is 7. The molecule has 10 nitrogen and oxygen atoms in total. The minimum Gasteiger partial charge on any atom is -0.390 e. The van der Waals surface area contributed by atoms with Crippen molar-refractivity contribution in [3.63, 3.8) is 0 Å². The molecule has 1 spiro atoms. The zero-order chi connectivity index (χ0) is 25.0. The Balaban J connectivity index is 1.36. The lowest BCUT2D eigenvalue weighted by atomic mass is 9.77. The number of H-pyrrole nitrogens is 1. The highest BCUT2D eigenvalue weighted by molar-refractivity contribution is 6.38. The topological polar surface area (TPSA) is 116 Å². The Morgan fingerprint density at radius 1 is 1.19 bits per heavy atom. The average molecular weight is 509 g/mol. The van der Waals surface area contributed by atoms with Crippen molar-refractivity contribution in [3.05, 3.63) is 29.0 Å². The first-order valence-electron chi connectivity index (χ1n) is 12.2. The second kappa shape index (κ2) is 8.79. The van der Waals surface area contributed by atoms with E-state index in [0.29, 0.717) is 61.9 Å². The Labute approximate surface area is 213 Å². The summed E-state index contributed by atoms with van der Waals surface area (Å²) in [7, 11) is 3.81. The maximum atomic E-state index is 10.2. The second-order valence-electron chi connectivity index (χ2n) is 10.2. The van der Waals surface area contributed by atoms with Gasteiger partial charge in [0.15, 0.2) is 5.82 Å². The van der Waals surface area contributed by atoms with Gasteiger partial charge in [0.1, 0.15) is 22.5 Å². The number of hydrogen-bond acceptors (Lipinski definition) is 9. The molecule has 2 aliphatic rings. The number of aliphatic hydroxyl groups excluding tert-OH is 1. The molecule has 0 bridgehead atoms. The molecule has 2 N–H and O–H groups in total. The second-order valence-corrected chi connectivity index (χ2v) is 10.5. The fourth-order valence-corrected chi connectivity index (χ4v) is 5.74. The summed E-state index contributed by atoms with van der Waals surface area (Å²) in [6.07, 6.45) is 5.22. The van der Waals surface area contributed by atoms with Gasteiger partial charge in [0, 0.05) is 32.7 Å². The number of benzene rings is 1. The highest BCUT2D eigenvalue weighted by atomic mass is 35.5. The smallest absolute Gasteiger partial charge is 0.202 e. The Kier molecular flexibility index (Phi) is 5.70. The summed E-state index contributed by atoms with van der Waals surface area (Å²) in [5, 5.41) is 18.2. The van der Waals surface area contributed by atoms with Crippen LogP contribution in [-0.2, 0) is 11.3 Å². The molecule has 0 unspecified atom stereocenters. The van der Waals surface area contributed by atoms with E-state index >= 15 is 0 Å². The molecule has 0 aliphatic carbocycles. The molecule has 4 aromatic rings. The zero-order valence-corrected chi connectivity index (χ0v) is 21.4. The van der Waals surface area contributed by atoms with Crippen LogP contribution in [0, 0.1) is 5.41 Å². The molecule has 0 amide bonds. The summed E-state index contributed by atoms with van der Waals surface area (Å²) < 4.78 is 5.87. The molecular weight excluding hydrogens is 480 g/mol. The van der Waals surface area contributed by atoms with Crippen molar-refractivity contribution < 1.29 is 9.84 Å². The van der Waals surface area contributed by atoms with Gasteiger partial charge in [-0.25, -0.2) is 15.0 Å². The SMILES string of the molecule is C[C@H]1CC2(CCN(c3nc4n[nH]c(-c5ccc6ncc(N(C)C)nc6c5Cl)c4nc3CO)CC2)CO1. The van der Waals surface area contributed by atoms with Gasteiger partial charge in [0.25, 0.3) is 0 Å². The molecule has 6 rings (SSSR count). The van der Waals surface area contributed by atoms with E-state index in [-0.39, 0.29) is 12.0 Å². The third-order valence-electron chi connectivity index (χ3n) is 7.47. The van der Waals surface area contributed by atoms with E-state index in [1.165, 1.54) is 0 Å². The van der Waals surface area contributed by atoms with Crippen molar-refractivity contribution in [1.29, 1.82) is 0 Å². The zero-order valence-electron chi connectivity index (χ0n) is 20.6. The van der Waals surface area contributed by atoms with Gasteiger partial charge in [0.2, 0.25) is 5.65 Å². The van der Waals surface area contributed by atoms with Crippen LogP contribution in [-0.4, -0.2) is 75.1 Å². The van der Waals surface area contributed by atoms with E-state index in [1.54, 1.807) is 6.20 Å². The van der Waals surface area contributed by atoms with Gasteiger partial charge in [-0.3, -0.25) is 10.1 Å². The van der Waals surface area contributed by atoms with Crippen LogP contribution in [0.1, 0.15) is 31.9 Å². The third-order valence-corrected chi connectivity index (χ3v) is 7.86. The highest BCUT2D eigenvalue weighted by Crippen LogP contribution is 2.43. The van der Waals surface area contributed by atoms with Crippen molar-refractivity contribution in [2.45, 2.75) is 38.9 Å². The molecule has 0 radical (unpaired) electrons. The van der Waals surface area contributed by atoms with Crippen LogP contribution in [0.4, 0.5) is 11.6 Å². The van der Waals surface area contributed by atoms with Gasteiger partial charge in [0.05, 0.1) is 41.7 Å². The molecule has 36 heavy (non-hydrogen) atoms. The van der Waals surface area contributed by atoms with Crippen LogP contribution in [0.5, 0.6) is 0 Å². The normalized spacial score (nSPS) is 19.6. The van der Waals surface area contributed by atoms with Crippen molar-refractivity contribution in [2.75, 3.05) is 43.6 Å². The Hall–Kier alpha value is -3.08. The molecule has 188 valence electrons. The van der Waals surface area contributed by atoms with Gasteiger partial charge >= 0.3 is 0 Å². The number of piperidine rings is 1. The Morgan fingerprint density at radius 3 is 2.69 bits per heavy atom. The first-order valence-corrected chi connectivity index (χ1v) is 12.6. The Bertz CT molecular complexity index is 1450. The fourth-order valence-electron chi connectivity index (χ4n) is 5.44. The van der Waals surface area contributed by atoms with E-state index in [2.05, 4.69) is 32.0 Å². The summed E-state index contributed by atoms with van der Waals surface area (Å²) in [4.78, 5) is 22.9. The molecule has 11 heteroatoms. The van der Waals surface area contributed by atoms with Gasteiger partial charge in [-0.15, -0.1) is 0 Å². The summed E-state index contributed by atoms with van der Waals surface area (Å²) >= 11 is 6.82. The lowest BCUT2D eigenvalue weighted by Gasteiger charge is -2.39. The number of anilines is 2. The molecule has 2 fully saturated rings. The van der Waals surface area contributed by atoms with E-state index < -0.39 is 0 Å². The van der Waals surface area contributed by atoms with Crippen LogP contribution in [0.2, 0.25) is 5.02 Å². The minimum atomic E-state index is -0.214. The summed E-state index contributed by atoms with van der Waals surface area (Å²) in [6.45, 7) is 4.46. The highest BCUT2D eigenvalue weighted by Gasteiger charge is 2.41. The van der Waals surface area contributed by atoms with E-state index in [4.69, 9.17) is 26.3 Å². The van der Waals surface area contributed by atoms with Crippen LogP contribution in [0.3, 0.4) is 0 Å². The first-order chi connectivity index (χ1) is 17.4. The van der Waals surface area contributed by atoms with Crippen LogP contribution in [0.25, 0.3) is 33.5 Å². The molecule has 3 aromatic heterocycles. The molecule has 2 saturated heterocycles. The summed E-state index contributed by atoms with van der Waals surface area (Å²) in [6, 6.07) is 3.76. The van der Waals surface area contributed by atoms with Crippen LogP contribution < -0.4 is 9.80 Å². The Morgan fingerprint density at radius 2 is 2.00 bits per heavy atom. The summed E-state index contributed by atoms with van der Waals surface area (Å²) in [5.74, 6) is 1.40. The number of aromatic nitrogens is 6. The number of halogens is 1. The standard InChI is InChI=1S/C25H29ClN8O2/c1-14-10-25(13-36-14)6-8-34(9-7-25)24-17(12-35)28-22-20(31-32-23(22)30-24)15-4-5-16-21(19(15)26)29-18(11-27-16)33(2)3/h4-5,11,14,35H,6-10,12-13H2,1-3H3,(H,30,31,32)/t14-/m0/s1. The van der Waals surface area contributed by atoms with Crippen molar-refractivity contribution in [3.8, 4) is 11.3 Å². The maximum absolute atomic E-state index is 10.2. The molecule has 1 atom stereocenters. The number of aliphatic hydroxyl groups is 1. The molecule has 0 saturated carbocycles. The molecular formula is C25H29ClN8O2. The predicted octanol–water partition coefficient (Wildman–Crippen LogP) is 3.57. The number of fused-ring (bicyclic) bond motifs is 2. The van der Waals surface area contributed by atoms with Crippen LogP contribution >= 0.6 is 11.6 Å². The summed E-state index contributed by atoms with van der Waals surface area (Å²) in [5.41, 5.74) is 4.48. The van der Waals surface area contributed by atoms with Crippen molar-refractivity contribution >= 4 is 45.4 Å². The molecule has 1 aromatic carbocycles. The lowest BCUT2D eigenvalue weighted by molar-refractivity contribution is 0.0975. The van der Waals surface area contributed by atoms with Gasteiger partial charge < -0.3 is 19.6 Å². The molecule has 5 heterocycles. The minimum absolute atomic E-state index is 0.214. The number of hydrogen-bond donors (Lipinski definition) is 2. The van der Waals surface area contributed by atoms with Crippen molar-refractivity contribution in [1.82, 2.24) is 30.1 Å². The first kappa shape index (κ1) is 23.3. The fraction of sp³-hybridized carbons (Fsp3) is 0.480. The number of nitrogens with one attached hydrogen (secondary N) is 1. The van der Waals surface area contributed by atoms with Gasteiger partial charge in [-0.2, -0.15) is 5.10 Å².